The molecule has 0 spiro atoms. The highest BCUT2D eigenvalue weighted by Crippen LogP contribution is 2.19. The van der Waals surface area contributed by atoms with Crippen molar-refractivity contribution in [3.63, 3.8) is 0 Å². The molecule has 1 rings (SSSR count). The van der Waals surface area contributed by atoms with E-state index in [-0.39, 0.29) is 13.2 Å². The van der Waals surface area contributed by atoms with E-state index in [1.807, 2.05) is 0 Å². The monoisotopic (exact) mass is 240 g/mol. The number of hydrogen-bond acceptors (Lipinski definition) is 5. The van der Waals surface area contributed by atoms with Gasteiger partial charge in [0.05, 0.1) is 13.2 Å². The van der Waals surface area contributed by atoms with Crippen LogP contribution in [0.25, 0.3) is 0 Å². The first-order chi connectivity index (χ1) is 8.10. The SMILES string of the molecule is CCOC(=O)C(O)C(O)c1cccc(CO)c1. The summed E-state index contributed by atoms with van der Waals surface area (Å²) in [6, 6.07) is 6.38. The van der Waals surface area contributed by atoms with Crippen LogP contribution in [0.2, 0.25) is 0 Å². The number of rotatable bonds is 5. The van der Waals surface area contributed by atoms with Crippen molar-refractivity contribution in [2.75, 3.05) is 6.61 Å². The van der Waals surface area contributed by atoms with Gasteiger partial charge in [-0.15, -0.1) is 0 Å². The van der Waals surface area contributed by atoms with E-state index in [9.17, 15) is 15.0 Å². The molecule has 3 N–H and O–H groups in total. The Bertz CT molecular complexity index is 377. The first-order valence-electron chi connectivity index (χ1n) is 5.32. The van der Waals surface area contributed by atoms with E-state index in [2.05, 4.69) is 4.74 Å². The van der Waals surface area contributed by atoms with Gasteiger partial charge in [0.2, 0.25) is 0 Å². The highest BCUT2D eigenvalue weighted by molar-refractivity contribution is 5.75. The van der Waals surface area contributed by atoms with E-state index in [1.165, 1.54) is 6.07 Å². The molecule has 2 atom stereocenters. The molecule has 0 saturated heterocycles. The molecule has 0 aliphatic rings. The molecule has 5 heteroatoms. The summed E-state index contributed by atoms with van der Waals surface area (Å²) in [4.78, 5) is 11.2. The third-order valence-corrected chi connectivity index (χ3v) is 2.30. The summed E-state index contributed by atoms with van der Waals surface area (Å²) in [6.45, 7) is 1.58. The van der Waals surface area contributed by atoms with Gasteiger partial charge in [0.25, 0.3) is 0 Å². The second kappa shape index (κ2) is 6.34. The largest absolute Gasteiger partial charge is 0.464 e. The Hall–Kier alpha value is -1.43. The lowest BCUT2D eigenvalue weighted by Gasteiger charge is -2.17. The number of hydrogen-bond donors (Lipinski definition) is 3. The van der Waals surface area contributed by atoms with E-state index in [0.29, 0.717) is 11.1 Å². The minimum Gasteiger partial charge on any atom is -0.464 e. The molecule has 94 valence electrons. The number of aliphatic hydroxyl groups is 3. The number of esters is 1. The van der Waals surface area contributed by atoms with Crippen LogP contribution in [0, 0.1) is 0 Å². The third kappa shape index (κ3) is 3.52. The molecule has 0 amide bonds. The maximum Gasteiger partial charge on any atom is 0.338 e. The zero-order valence-corrected chi connectivity index (χ0v) is 9.54. The topological polar surface area (TPSA) is 87.0 Å². The van der Waals surface area contributed by atoms with Gasteiger partial charge in [0.1, 0.15) is 6.10 Å². The van der Waals surface area contributed by atoms with Gasteiger partial charge in [-0.1, -0.05) is 24.3 Å². The third-order valence-electron chi connectivity index (χ3n) is 2.30. The lowest BCUT2D eigenvalue weighted by Crippen LogP contribution is -2.29. The van der Waals surface area contributed by atoms with Gasteiger partial charge < -0.3 is 20.1 Å². The molecule has 0 aliphatic heterocycles. The molecule has 2 unspecified atom stereocenters. The summed E-state index contributed by atoms with van der Waals surface area (Å²) < 4.78 is 4.60. The van der Waals surface area contributed by atoms with E-state index in [1.54, 1.807) is 25.1 Å². The second-order valence-corrected chi connectivity index (χ2v) is 3.54. The van der Waals surface area contributed by atoms with Gasteiger partial charge in [0.15, 0.2) is 6.10 Å². The summed E-state index contributed by atoms with van der Waals surface area (Å²) in [7, 11) is 0. The normalized spacial score (nSPS) is 14.1. The predicted molar refractivity (Wildman–Crippen MR) is 60.0 cm³/mol. The Morgan fingerprint density at radius 3 is 2.71 bits per heavy atom. The number of aliphatic hydroxyl groups excluding tert-OH is 3. The highest BCUT2D eigenvalue weighted by atomic mass is 16.5. The summed E-state index contributed by atoms with van der Waals surface area (Å²) in [5.74, 6) is -0.866. The van der Waals surface area contributed by atoms with E-state index in [4.69, 9.17) is 5.11 Å². The summed E-state index contributed by atoms with van der Waals surface area (Å²) in [5, 5.41) is 28.3. The van der Waals surface area contributed by atoms with Gasteiger partial charge in [-0.25, -0.2) is 4.79 Å². The van der Waals surface area contributed by atoms with Crippen LogP contribution < -0.4 is 0 Å². The van der Waals surface area contributed by atoms with Crippen molar-refractivity contribution in [1.82, 2.24) is 0 Å². The molecule has 0 aliphatic carbocycles. The van der Waals surface area contributed by atoms with Gasteiger partial charge in [-0.05, 0) is 18.1 Å². The first kappa shape index (κ1) is 13.6. The lowest BCUT2D eigenvalue weighted by molar-refractivity contribution is -0.159. The molecule has 5 nitrogen and oxygen atoms in total. The first-order valence-corrected chi connectivity index (χ1v) is 5.32. The van der Waals surface area contributed by atoms with Gasteiger partial charge in [0, 0.05) is 0 Å². The molecule has 0 fully saturated rings. The van der Waals surface area contributed by atoms with Gasteiger partial charge >= 0.3 is 5.97 Å². The Morgan fingerprint density at radius 2 is 2.12 bits per heavy atom. The van der Waals surface area contributed by atoms with Crippen LogP contribution >= 0.6 is 0 Å². The van der Waals surface area contributed by atoms with Crippen molar-refractivity contribution in [3.8, 4) is 0 Å². The zero-order chi connectivity index (χ0) is 12.8. The molecule has 0 radical (unpaired) electrons. The summed E-state index contributed by atoms with van der Waals surface area (Å²) >= 11 is 0. The molecule has 0 bridgehead atoms. The maximum absolute atomic E-state index is 11.2. The fraction of sp³-hybridized carbons (Fsp3) is 0.417. The Labute approximate surface area is 99.3 Å². The van der Waals surface area contributed by atoms with Crippen molar-refractivity contribution in [2.24, 2.45) is 0 Å². The van der Waals surface area contributed by atoms with Crippen molar-refractivity contribution >= 4 is 5.97 Å². The summed E-state index contributed by atoms with van der Waals surface area (Å²) in [6.07, 6.45) is -2.98. The number of ether oxygens (including phenoxy) is 1. The maximum atomic E-state index is 11.2. The molecular weight excluding hydrogens is 224 g/mol. The van der Waals surface area contributed by atoms with Crippen LogP contribution in [-0.4, -0.2) is 34.0 Å². The van der Waals surface area contributed by atoms with Crippen LogP contribution in [0.5, 0.6) is 0 Å². The minimum absolute atomic E-state index is 0.138. The lowest BCUT2D eigenvalue weighted by atomic mass is 10.0. The minimum atomic E-state index is -1.62. The molecule has 1 aromatic rings. The fourth-order valence-electron chi connectivity index (χ4n) is 1.41. The second-order valence-electron chi connectivity index (χ2n) is 3.54. The Kier molecular flexibility index (Phi) is 5.09. The quantitative estimate of drug-likeness (QED) is 0.637. The van der Waals surface area contributed by atoms with Crippen LogP contribution in [0.15, 0.2) is 24.3 Å². The van der Waals surface area contributed by atoms with Crippen LogP contribution in [0.3, 0.4) is 0 Å². The van der Waals surface area contributed by atoms with Gasteiger partial charge in [-0.3, -0.25) is 0 Å². The molecule has 0 heterocycles. The van der Waals surface area contributed by atoms with E-state index < -0.39 is 18.2 Å². The number of benzene rings is 1. The summed E-state index contributed by atoms with van der Waals surface area (Å²) in [5.41, 5.74) is 0.953. The fourth-order valence-corrected chi connectivity index (χ4v) is 1.41. The van der Waals surface area contributed by atoms with Crippen molar-refractivity contribution in [3.05, 3.63) is 35.4 Å². The van der Waals surface area contributed by atoms with Gasteiger partial charge in [-0.2, -0.15) is 0 Å². The number of carbonyl (C=O) groups is 1. The Balaban J connectivity index is 2.80. The number of carbonyl (C=O) groups excluding carboxylic acids is 1. The molecular formula is C12H16O5. The van der Waals surface area contributed by atoms with E-state index in [0.717, 1.165) is 0 Å². The average molecular weight is 240 g/mol. The predicted octanol–water partition coefficient (Wildman–Crippen LogP) is 0.136. The molecule has 0 aromatic heterocycles. The highest BCUT2D eigenvalue weighted by Gasteiger charge is 2.26. The smallest absolute Gasteiger partial charge is 0.338 e. The van der Waals surface area contributed by atoms with Crippen LogP contribution in [0.1, 0.15) is 24.2 Å². The van der Waals surface area contributed by atoms with Crippen molar-refractivity contribution < 1.29 is 24.9 Å². The molecule has 1 aromatic carbocycles. The molecule has 17 heavy (non-hydrogen) atoms. The zero-order valence-electron chi connectivity index (χ0n) is 9.54. The van der Waals surface area contributed by atoms with Crippen LogP contribution in [-0.2, 0) is 16.1 Å². The average Bonchev–Trinajstić information content (AvgIpc) is 2.37. The van der Waals surface area contributed by atoms with Crippen molar-refractivity contribution in [2.45, 2.75) is 25.7 Å². The molecule has 0 saturated carbocycles. The van der Waals surface area contributed by atoms with Crippen molar-refractivity contribution in [1.29, 1.82) is 0 Å². The van der Waals surface area contributed by atoms with Crippen LogP contribution in [0.4, 0.5) is 0 Å². The standard InChI is InChI=1S/C12H16O5/c1-2-17-12(16)11(15)10(14)9-5-3-4-8(6-9)7-13/h3-6,10-11,13-15H,2,7H2,1H3. The Morgan fingerprint density at radius 1 is 1.41 bits per heavy atom. The van der Waals surface area contributed by atoms with E-state index >= 15 is 0 Å².